The van der Waals surface area contributed by atoms with E-state index in [0.717, 1.165) is 29.9 Å². The lowest BCUT2D eigenvalue weighted by Crippen LogP contribution is -2.13. The molecule has 2 rings (SSSR count). The van der Waals surface area contributed by atoms with Gasteiger partial charge in [0.15, 0.2) is 0 Å². The van der Waals surface area contributed by atoms with Gasteiger partial charge in [-0.15, -0.1) is 0 Å². The number of nitrogens with one attached hydrogen (secondary N) is 1. The number of hydrogen-bond donors (Lipinski definition) is 1. The van der Waals surface area contributed by atoms with Crippen LogP contribution < -0.4 is 5.32 Å². The molecule has 2 nitrogen and oxygen atoms in total. The van der Waals surface area contributed by atoms with Gasteiger partial charge in [-0.1, -0.05) is 42.3 Å². The Morgan fingerprint density at radius 3 is 2.78 bits per heavy atom. The standard InChI is InChI=1S/C14H15Cl2NO/c1-2-7-17-9-13-10(6-8-18-13)11-4-3-5-12(15)14(11)16/h3-6,8,17H,2,7,9H2,1H3. The van der Waals surface area contributed by atoms with Crippen LogP contribution >= 0.6 is 23.2 Å². The molecule has 0 atom stereocenters. The SMILES string of the molecule is CCCNCc1occc1-c1cccc(Cl)c1Cl. The van der Waals surface area contributed by atoms with Crippen molar-refractivity contribution in [3.8, 4) is 11.1 Å². The Morgan fingerprint density at radius 1 is 1.17 bits per heavy atom. The van der Waals surface area contributed by atoms with E-state index in [0.29, 0.717) is 16.6 Å². The van der Waals surface area contributed by atoms with E-state index in [-0.39, 0.29) is 0 Å². The Balaban J connectivity index is 2.28. The van der Waals surface area contributed by atoms with Gasteiger partial charge in [0.2, 0.25) is 0 Å². The van der Waals surface area contributed by atoms with Gasteiger partial charge in [0.05, 0.1) is 22.9 Å². The molecule has 1 aromatic carbocycles. The fraction of sp³-hybridized carbons (Fsp3) is 0.286. The summed E-state index contributed by atoms with van der Waals surface area (Å²) in [5.74, 6) is 0.882. The van der Waals surface area contributed by atoms with Crippen molar-refractivity contribution in [2.24, 2.45) is 0 Å². The lowest BCUT2D eigenvalue weighted by Gasteiger charge is -2.07. The molecule has 0 bridgehead atoms. The maximum atomic E-state index is 6.22. The molecule has 0 saturated heterocycles. The van der Waals surface area contributed by atoms with E-state index in [1.54, 1.807) is 12.3 Å². The average Bonchev–Trinajstić information content (AvgIpc) is 2.81. The normalized spacial score (nSPS) is 10.8. The maximum Gasteiger partial charge on any atom is 0.125 e. The zero-order chi connectivity index (χ0) is 13.0. The van der Waals surface area contributed by atoms with Crippen LogP contribution in [0.3, 0.4) is 0 Å². The molecule has 0 spiro atoms. The summed E-state index contributed by atoms with van der Waals surface area (Å²) in [7, 11) is 0. The Morgan fingerprint density at radius 2 is 2.00 bits per heavy atom. The molecule has 0 aliphatic rings. The van der Waals surface area contributed by atoms with Gasteiger partial charge in [-0.05, 0) is 25.1 Å². The summed E-state index contributed by atoms with van der Waals surface area (Å²) in [5, 5.41) is 4.44. The van der Waals surface area contributed by atoms with E-state index in [4.69, 9.17) is 27.6 Å². The minimum atomic E-state index is 0.558. The molecule has 0 aliphatic carbocycles. The molecule has 18 heavy (non-hydrogen) atoms. The summed E-state index contributed by atoms with van der Waals surface area (Å²) in [6, 6.07) is 7.53. The minimum absolute atomic E-state index is 0.558. The zero-order valence-electron chi connectivity index (χ0n) is 10.2. The lowest BCUT2D eigenvalue weighted by molar-refractivity contribution is 0.484. The third kappa shape index (κ3) is 2.89. The van der Waals surface area contributed by atoms with Crippen LogP contribution in [0, 0.1) is 0 Å². The van der Waals surface area contributed by atoms with E-state index in [9.17, 15) is 0 Å². The molecule has 4 heteroatoms. The first-order chi connectivity index (χ1) is 8.74. The van der Waals surface area contributed by atoms with Crippen molar-refractivity contribution in [2.45, 2.75) is 19.9 Å². The molecule has 0 fully saturated rings. The van der Waals surface area contributed by atoms with Crippen molar-refractivity contribution in [1.29, 1.82) is 0 Å². The van der Waals surface area contributed by atoms with Crippen LogP contribution in [0.1, 0.15) is 19.1 Å². The highest BCUT2D eigenvalue weighted by Gasteiger charge is 2.13. The molecular formula is C14H15Cl2NO. The Labute approximate surface area is 117 Å². The van der Waals surface area contributed by atoms with E-state index in [1.165, 1.54) is 0 Å². The molecule has 2 aromatic rings. The highest BCUT2D eigenvalue weighted by atomic mass is 35.5. The van der Waals surface area contributed by atoms with Crippen LogP contribution in [0.4, 0.5) is 0 Å². The Hall–Kier alpha value is -0.960. The van der Waals surface area contributed by atoms with Crippen LogP contribution in [-0.4, -0.2) is 6.54 Å². The van der Waals surface area contributed by atoms with Gasteiger partial charge in [-0.2, -0.15) is 0 Å². The summed E-state index contributed by atoms with van der Waals surface area (Å²) in [5.41, 5.74) is 1.90. The zero-order valence-corrected chi connectivity index (χ0v) is 11.7. The molecule has 0 saturated carbocycles. The van der Waals surface area contributed by atoms with Crippen LogP contribution in [0.2, 0.25) is 10.0 Å². The first kappa shape index (κ1) is 13.5. The van der Waals surface area contributed by atoms with Crippen molar-refractivity contribution in [2.75, 3.05) is 6.54 Å². The smallest absolute Gasteiger partial charge is 0.125 e. The van der Waals surface area contributed by atoms with E-state index >= 15 is 0 Å². The van der Waals surface area contributed by atoms with Crippen LogP contribution in [0.15, 0.2) is 34.9 Å². The highest BCUT2D eigenvalue weighted by Crippen LogP contribution is 2.35. The maximum absolute atomic E-state index is 6.22. The van der Waals surface area contributed by atoms with Crippen LogP contribution in [0.5, 0.6) is 0 Å². The van der Waals surface area contributed by atoms with Gasteiger partial charge >= 0.3 is 0 Å². The third-order valence-corrected chi connectivity index (χ3v) is 3.52. The first-order valence-corrected chi connectivity index (χ1v) is 6.71. The van der Waals surface area contributed by atoms with E-state index < -0.39 is 0 Å². The Bertz CT molecular complexity index is 522. The second-order valence-corrected chi connectivity index (χ2v) is 4.82. The summed E-state index contributed by atoms with van der Waals surface area (Å²) < 4.78 is 5.50. The predicted octanol–water partition coefficient (Wildman–Crippen LogP) is 4.75. The fourth-order valence-electron chi connectivity index (χ4n) is 1.81. The molecule has 0 unspecified atom stereocenters. The van der Waals surface area contributed by atoms with Crippen molar-refractivity contribution >= 4 is 23.2 Å². The molecule has 0 aliphatic heterocycles. The summed E-state index contributed by atoms with van der Waals surface area (Å²) in [6.45, 7) is 3.78. The molecule has 1 N–H and O–H groups in total. The monoisotopic (exact) mass is 283 g/mol. The minimum Gasteiger partial charge on any atom is -0.467 e. The second-order valence-electron chi connectivity index (χ2n) is 4.04. The van der Waals surface area contributed by atoms with Gasteiger partial charge in [0.1, 0.15) is 5.76 Å². The summed E-state index contributed by atoms with van der Waals surface area (Å²) in [4.78, 5) is 0. The largest absolute Gasteiger partial charge is 0.467 e. The Kier molecular flexibility index (Phi) is 4.70. The third-order valence-electron chi connectivity index (χ3n) is 2.70. The number of benzene rings is 1. The first-order valence-electron chi connectivity index (χ1n) is 5.95. The van der Waals surface area contributed by atoms with Crippen molar-refractivity contribution in [3.63, 3.8) is 0 Å². The van der Waals surface area contributed by atoms with E-state index in [2.05, 4.69) is 12.2 Å². The number of hydrogen-bond acceptors (Lipinski definition) is 2. The van der Waals surface area contributed by atoms with Crippen LogP contribution in [0.25, 0.3) is 11.1 Å². The van der Waals surface area contributed by atoms with Gasteiger partial charge in [-0.3, -0.25) is 0 Å². The summed E-state index contributed by atoms with van der Waals surface area (Å²) >= 11 is 12.3. The molecular weight excluding hydrogens is 269 g/mol. The molecule has 0 radical (unpaired) electrons. The van der Waals surface area contributed by atoms with E-state index in [1.807, 2.05) is 18.2 Å². The quantitative estimate of drug-likeness (QED) is 0.801. The lowest BCUT2D eigenvalue weighted by atomic mass is 10.1. The topological polar surface area (TPSA) is 25.2 Å². The van der Waals surface area contributed by atoms with Crippen molar-refractivity contribution < 1.29 is 4.42 Å². The van der Waals surface area contributed by atoms with Gasteiger partial charge < -0.3 is 9.73 Å². The second kappa shape index (κ2) is 6.28. The number of furan rings is 1. The predicted molar refractivity (Wildman–Crippen MR) is 76.2 cm³/mol. The highest BCUT2D eigenvalue weighted by molar-refractivity contribution is 6.43. The summed E-state index contributed by atoms with van der Waals surface area (Å²) in [6.07, 6.45) is 2.77. The van der Waals surface area contributed by atoms with Gasteiger partial charge in [-0.25, -0.2) is 0 Å². The average molecular weight is 284 g/mol. The number of rotatable bonds is 5. The molecule has 1 aromatic heterocycles. The molecule has 96 valence electrons. The molecule has 0 amide bonds. The van der Waals surface area contributed by atoms with Gasteiger partial charge in [0, 0.05) is 11.1 Å². The molecule has 1 heterocycles. The number of halogens is 2. The van der Waals surface area contributed by atoms with Gasteiger partial charge in [0.25, 0.3) is 0 Å². The van der Waals surface area contributed by atoms with Crippen LogP contribution in [-0.2, 0) is 6.54 Å². The van der Waals surface area contributed by atoms with Crippen molar-refractivity contribution in [3.05, 3.63) is 46.3 Å². The van der Waals surface area contributed by atoms with Crippen molar-refractivity contribution in [1.82, 2.24) is 5.32 Å². The fourth-order valence-corrected chi connectivity index (χ4v) is 2.21.